The number of nitrogens with one attached hydrogen (secondary N) is 1. The van der Waals surface area contributed by atoms with Gasteiger partial charge in [0.15, 0.2) is 0 Å². The van der Waals surface area contributed by atoms with Gasteiger partial charge in [0.05, 0.1) is 24.7 Å². The van der Waals surface area contributed by atoms with Crippen LogP contribution in [0.3, 0.4) is 0 Å². The molecule has 0 aromatic heterocycles. The number of aryl methyl sites for hydroxylation is 1. The second-order valence-corrected chi connectivity index (χ2v) is 7.58. The predicted octanol–water partition coefficient (Wildman–Crippen LogP) is 2.80. The molecule has 1 amide bonds. The van der Waals surface area contributed by atoms with Crippen LogP contribution in [-0.4, -0.2) is 34.2 Å². The zero-order chi connectivity index (χ0) is 18.4. The molecule has 2 rings (SSSR count). The molecule has 0 fully saturated rings. The van der Waals surface area contributed by atoms with E-state index in [0.717, 1.165) is 11.8 Å². The largest absolute Gasteiger partial charge is 0.495 e. The molecule has 0 saturated carbocycles. The Morgan fingerprint density at radius 2 is 1.76 bits per heavy atom. The molecule has 0 heterocycles. The van der Waals surface area contributed by atoms with E-state index in [0.29, 0.717) is 17.1 Å². The molecule has 0 radical (unpaired) electrons. The van der Waals surface area contributed by atoms with Gasteiger partial charge in [-0.3, -0.25) is 9.10 Å². The van der Waals surface area contributed by atoms with Crippen molar-refractivity contribution < 1.29 is 17.9 Å². The van der Waals surface area contributed by atoms with Gasteiger partial charge in [-0.1, -0.05) is 29.8 Å². The van der Waals surface area contributed by atoms with Crippen LogP contribution in [0.25, 0.3) is 0 Å². The molecule has 7 heteroatoms. The number of methoxy groups -OCH3 is 1. The number of ether oxygens (including phenoxy) is 1. The zero-order valence-electron chi connectivity index (χ0n) is 14.5. The second kappa shape index (κ2) is 8.02. The molecule has 1 N–H and O–H groups in total. The Hall–Kier alpha value is -2.54. The van der Waals surface area contributed by atoms with Crippen molar-refractivity contribution >= 4 is 27.3 Å². The summed E-state index contributed by atoms with van der Waals surface area (Å²) in [5, 5.41) is 2.74. The maximum atomic E-state index is 12.2. The third kappa shape index (κ3) is 5.22. The number of para-hydroxylation sites is 2. The first kappa shape index (κ1) is 18.8. The van der Waals surface area contributed by atoms with Gasteiger partial charge in [0.2, 0.25) is 15.9 Å². The number of hydrogen-bond acceptors (Lipinski definition) is 4. The van der Waals surface area contributed by atoms with Crippen molar-refractivity contribution in [3.05, 3.63) is 54.1 Å². The SMILES string of the molecule is COc1ccccc1NC(=O)CCN(c1ccc(C)cc1)S(C)(=O)=O. The lowest BCUT2D eigenvalue weighted by Gasteiger charge is -2.22. The second-order valence-electron chi connectivity index (χ2n) is 5.67. The topological polar surface area (TPSA) is 75.7 Å². The highest BCUT2D eigenvalue weighted by Crippen LogP contribution is 2.23. The molecule has 0 atom stereocenters. The number of rotatable bonds is 7. The number of carbonyl (C=O) groups excluding carboxylic acids is 1. The Labute approximate surface area is 148 Å². The summed E-state index contributed by atoms with van der Waals surface area (Å²) in [6.45, 7) is 1.98. The van der Waals surface area contributed by atoms with Crippen LogP contribution in [0.5, 0.6) is 5.75 Å². The quantitative estimate of drug-likeness (QED) is 0.822. The number of nitrogens with zero attached hydrogens (tertiary/aromatic N) is 1. The van der Waals surface area contributed by atoms with Gasteiger partial charge in [-0.05, 0) is 31.2 Å². The summed E-state index contributed by atoms with van der Waals surface area (Å²) in [6.07, 6.45) is 1.16. The van der Waals surface area contributed by atoms with E-state index in [4.69, 9.17) is 4.74 Å². The van der Waals surface area contributed by atoms with Gasteiger partial charge >= 0.3 is 0 Å². The lowest BCUT2D eigenvalue weighted by Crippen LogP contribution is -2.33. The van der Waals surface area contributed by atoms with Crippen LogP contribution in [0.1, 0.15) is 12.0 Å². The first-order valence-electron chi connectivity index (χ1n) is 7.78. The van der Waals surface area contributed by atoms with Crippen LogP contribution in [0.2, 0.25) is 0 Å². The molecule has 2 aromatic rings. The van der Waals surface area contributed by atoms with Crippen molar-refractivity contribution in [1.29, 1.82) is 0 Å². The van der Waals surface area contributed by atoms with Crippen molar-refractivity contribution in [3.63, 3.8) is 0 Å². The number of sulfonamides is 1. The lowest BCUT2D eigenvalue weighted by atomic mass is 10.2. The van der Waals surface area contributed by atoms with Gasteiger partial charge < -0.3 is 10.1 Å². The molecule has 0 aliphatic heterocycles. The first-order valence-corrected chi connectivity index (χ1v) is 9.63. The molecule has 0 spiro atoms. The molecule has 2 aromatic carbocycles. The van der Waals surface area contributed by atoms with Gasteiger partial charge in [0, 0.05) is 13.0 Å². The van der Waals surface area contributed by atoms with Crippen LogP contribution in [-0.2, 0) is 14.8 Å². The first-order chi connectivity index (χ1) is 11.8. The average molecular weight is 362 g/mol. The summed E-state index contributed by atoms with van der Waals surface area (Å²) in [4.78, 5) is 12.2. The zero-order valence-corrected chi connectivity index (χ0v) is 15.3. The van der Waals surface area contributed by atoms with E-state index in [1.165, 1.54) is 11.4 Å². The summed E-state index contributed by atoms with van der Waals surface area (Å²) < 4.78 is 30.5. The summed E-state index contributed by atoms with van der Waals surface area (Å²) in [5.41, 5.74) is 2.13. The van der Waals surface area contributed by atoms with E-state index < -0.39 is 10.0 Å². The number of hydrogen-bond donors (Lipinski definition) is 1. The minimum absolute atomic E-state index is 0.0268. The van der Waals surface area contributed by atoms with Gasteiger partial charge in [-0.2, -0.15) is 0 Å². The van der Waals surface area contributed by atoms with Crippen molar-refractivity contribution in [1.82, 2.24) is 0 Å². The van der Waals surface area contributed by atoms with Crippen LogP contribution < -0.4 is 14.4 Å². The molecule has 0 aliphatic rings. The average Bonchev–Trinajstić information content (AvgIpc) is 2.56. The standard InChI is InChI=1S/C18H22N2O4S/c1-14-8-10-15(11-9-14)20(25(3,22)23)13-12-18(21)19-16-6-4-5-7-17(16)24-2/h4-11H,12-13H2,1-3H3,(H,19,21). The smallest absolute Gasteiger partial charge is 0.232 e. The number of carbonyl (C=O) groups is 1. The van der Waals surface area contributed by atoms with E-state index in [1.54, 1.807) is 36.4 Å². The maximum Gasteiger partial charge on any atom is 0.232 e. The molecule has 0 unspecified atom stereocenters. The normalized spacial score (nSPS) is 11.0. The highest BCUT2D eigenvalue weighted by Gasteiger charge is 2.19. The molecule has 6 nitrogen and oxygen atoms in total. The summed E-state index contributed by atoms with van der Waals surface area (Å²) in [6, 6.07) is 14.2. The Morgan fingerprint density at radius 1 is 1.12 bits per heavy atom. The summed E-state index contributed by atoms with van der Waals surface area (Å²) in [5.74, 6) is 0.264. The lowest BCUT2D eigenvalue weighted by molar-refractivity contribution is -0.116. The van der Waals surface area contributed by atoms with E-state index in [9.17, 15) is 13.2 Å². The molecule has 0 bridgehead atoms. The highest BCUT2D eigenvalue weighted by atomic mass is 32.2. The Balaban J connectivity index is 2.08. The van der Waals surface area contributed by atoms with E-state index in [1.807, 2.05) is 19.1 Å². The minimum Gasteiger partial charge on any atom is -0.495 e. The maximum absolute atomic E-state index is 12.2. The van der Waals surface area contributed by atoms with Crippen LogP contribution in [0, 0.1) is 6.92 Å². The monoisotopic (exact) mass is 362 g/mol. The van der Waals surface area contributed by atoms with Crippen molar-refractivity contribution in [3.8, 4) is 5.75 Å². The third-order valence-corrected chi connectivity index (χ3v) is 4.84. The van der Waals surface area contributed by atoms with Crippen molar-refractivity contribution in [2.45, 2.75) is 13.3 Å². The fourth-order valence-corrected chi connectivity index (χ4v) is 3.29. The molecule has 0 aliphatic carbocycles. The highest BCUT2D eigenvalue weighted by molar-refractivity contribution is 7.92. The molecule has 134 valence electrons. The predicted molar refractivity (Wildman–Crippen MR) is 99.6 cm³/mol. The number of amides is 1. The molecule has 0 saturated heterocycles. The number of benzene rings is 2. The van der Waals surface area contributed by atoms with Gasteiger partial charge in [0.25, 0.3) is 0 Å². The molecule has 25 heavy (non-hydrogen) atoms. The van der Waals surface area contributed by atoms with Crippen molar-refractivity contribution in [2.24, 2.45) is 0 Å². The van der Waals surface area contributed by atoms with Crippen molar-refractivity contribution in [2.75, 3.05) is 29.5 Å². The van der Waals surface area contributed by atoms with Crippen LogP contribution in [0.15, 0.2) is 48.5 Å². The summed E-state index contributed by atoms with van der Waals surface area (Å²) >= 11 is 0. The summed E-state index contributed by atoms with van der Waals surface area (Å²) in [7, 11) is -1.96. The Kier molecular flexibility index (Phi) is 6.03. The van der Waals surface area contributed by atoms with Crippen LogP contribution >= 0.6 is 0 Å². The minimum atomic E-state index is -3.48. The number of anilines is 2. The van der Waals surface area contributed by atoms with Gasteiger partial charge in [-0.15, -0.1) is 0 Å². The Morgan fingerprint density at radius 3 is 2.36 bits per heavy atom. The Bertz CT molecular complexity index is 832. The molecular formula is C18H22N2O4S. The van der Waals surface area contributed by atoms with E-state index >= 15 is 0 Å². The van der Waals surface area contributed by atoms with Gasteiger partial charge in [0.1, 0.15) is 5.75 Å². The van der Waals surface area contributed by atoms with E-state index in [-0.39, 0.29) is 18.9 Å². The fraction of sp³-hybridized carbons (Fsp3) is 0.278. The van der Waals surface area contributed by atoms with Gasteiger partial charge in [-0.25, -0.2) is 8.42 Å². The van der Waals surface area contributed by atoms with Crippen LogP contribution in [0.4, 0.5) is 11.4 Å². The fourth-order valence-electron chi connectivity index (χ4n) is 2.36. The van der Waals surface area contributed by atoms with E-state index in [2.05, 4.69) is 5.32 Å². The third-order valence-electron chi connectivity index (χ3n) is 3.65. The molecular weight excluding hydrogens is 340 g/mol.